The second-order valence-corrected chi connectivity index (χ2v) is 5.81. The highest BCUT2D eigenvalue weighted by molar-refractivity contribution is 8.01. The molecule has 1 unspecified atom stereocenters. The fourth-order valence-electron chi connectivity index (χ4n) is 1.99. The summed E-state index contributed by atoms with van der Waals surface area (Å²) in [6.45, 7) is 6.37. The molecule has 70 valence electrons. The van der Waals surface area contributed by atoms with Crippen molar-refractivity contribution >= 4 is 11.8 Å². The van der Waals surface area contributed by atoms with Crippen molar-refractivity contribution in [3.8, 4) is 0 Å². The van der Waals surface area contributed by atoms with Crippen molar-refractivity contribution in [3.63, 3.8) is 0 Å². The largest absolute Gasteiger partial charge is 0.379 e. The quantitative estimate of drug-likeness (QED) is 0.622. The molecule has 2 rings (SSSR count). The highest BCUT2D eigenvalue weighted by Gasteiger charge is 2.44. The van der Waals surface area contributed by atoms with Crippen LogP contribution >= 0.6 is 11.8 Å². The Bertz CT molecular complexity index is 175. The lowest BCUT2D eigenvalue weighted by Gasteiger charge is -2.34. The number of hydrogen-bond acceptors (Lipinski definition) is 3. The average molecular weight is 187 g/mol. The van der Waals surface area contributed by atoms with Crippen LogP contribution in [0.3, 0.4) is 0 Å². The number of hydrogen-bond donors (Lipinski definition) is 1. The van der Waals surface area contributed by atoms with Gasteiger partial charge in [0, 0.05) is 17.9 Å². The highest BCUT2D eigenvalue weighted by atomic mass is 32.2. The minimum Gasteiger partial charge on any atom is -0.379 e. The van der Waals surface area contributed by atoms with E-state index in [9.17, 15) is 0 Å². The van der Waals surface area contributed by atoms with Gasteiger partial charge in [0.2, 0.25) is 0 Å². The van der Waals surface area contributed by atoms with E-state index in [2.05, 4.69) is 19.2 Å². The lowest BCUT2D eigenvalue weighted by Crippen LogP contribution is -2.51. The van der Waals surface area contributed by atoms with Gasteiger partial charge in [0.15, 0.2) is 0 Å². The van der Waals surface area contributed by atoms with Crippen molar-refractivity contribution in [1.82, 2.24) is 5.32 Å². The molecule has 12 heavy (non-hydrogen) atoms. The monoisotopic (exact) mass is 187 g/mol. The first-order valence-corrected chi connectivity index (χ1v) is 5.62. The van der Waals surface area contributed by atoms with Gasteiger partial charge in [0.05, 0.1) is 11.5 Å². The molecule has 1 spiro atoms. The molecular weight excluding hydrogens is 170 g/mol. The molecule has 0 aromatic heterocycles. The molecule has 2 saturated heterocycles. The van der Waals surface area contributed by atoms with Crippen LogP contribution in [0.15, 0.2) is 0 Å². The zero-order valence-corrected chi connectivity index (χ0v) is 8.67. The summed E-state index contributed by atoms with van der Waals surface area (Å²) in [5, 5.41) is 3.68. The van der Waals surface area contributed by atoms with Gasteiger partial charge in [-0.3, -0.25) is 5.32 Å². The van der Waals surface area contributed by atoms with Gasteiger partial charge in [-0.1, -0.05) is 0 Å². The molecule has 1 N–H and O–H groups in total. The van der Waals surface area contributed by atoms with Crippen LogP contribution in [0.5, 0.6) is 0 Å². The van der Waals surface area contributed by atoms with Crippen molar-refractivity contribution < 1.29 is 4.74 Å². The molecule has 2 aliphatic heterocycles. The standard InChI is InChI=1S/C9H17NOS/c1-8(2)7-12-9(10-8)4-3-5-11-6-9/h10H,3-7H2,1-2H3. The zero-order valence-electron chi connectivity index (χ0n) is 7.85. The van der Waals surface area contributed by atoms with Gasteiger partial charge in [-0.2, -0.15) is 0 Å². The summed E-state index contributed by atoms with van der Waals surface area (Å²) in [6.07, 6.45) is 2.47. The maximum atomic E-state index is 5.52. The maximum absolute atomic E-state index is 5.52. The second-order valence-electron chi connectivity index (χ2n) is 4.45. The Hall–Kier alpha value is 0.270. The van der Waals surface area contributed by atoms with E-state index < -0.39 is 0 Å². The molecule has 0 amide bonds. The van der Waals surface area contributed by atoms with E-state index in [-0.39, 0.29) is 4.87 Å². The average Bonchev–Trinajstić information content (AvgIpc) is 2.29. The van der Waals surface area contributed by atoms with Crippen molar-refractivity contribution in [2.24, 2.45) is 0 Å². The third-order valence-electron chi connectivity index (χ3n) is 2.48. The van der Waals surface area contributed by atoms with Gasteiger partial charge in [-0.15, -0.1) is 11.8 Å². The third-order valence-corrected chi connectivity index (χ3v) is 4.32. The van der Waals surface area contributed by atoms with E-state index in [1.807, 2.05) is 11.8 Å². The molecule has 2 heterocycles. The zero-order chi connectivity index (χ0) is 8.66. The summed E-state index contributed by atoms with van der Waals surface area (Å²) >= 11 is 2.04. The van der Waals surface area contributed by atoms with Crippen LogP contribution in [0.2, 0.25) is 0 Å². The number of ether oxygens (including phenoxy) is 1. The fourth-order valence-corrected chi connectivity index (χ4v) is 3.50. The first-order chi connectivity index (χ1) is 5.62. The van der Waals surface area contributed by atoms with E-state index in [0.29, 0.717) is 5.54 Å². The van der Waals surface area contributed by atoms with Crippen LogP contribution in [0.4, 0.5) is 0 Å². The van der Waals surface area contributed by atoms with E-state index >= 15 is 0 Å². The molecule has 3 heteroatoms. The van der Waals surface area contributed by atoms with E-state index in [4.69, 9.17) is 4.74 Å². The van der Waals surface area contributed by atoms with Crippen LogP contribution in [0.1, 0.15) is 26.7 Å². The number of rotatable bonds is 0. The van der Waals surface area contributed by atoms with Crippen LogP contribution in [-0.4, -0.2) is 29.4 Å². The van der Waals surface area contributed by atoms with Crippen LogP contribution < -0.4 is 5.32 Å². The predicted octanol–water partition coefficient (Wildman–Crippen LogP) is 1.61. The lowest BCUT2D eigenvalue weighted by atomic mass is 10.0. The minimum absolute atomic E-state index is 0.252. The molecule has 0 aromatic carbocycles. The minimum atomic E-state index is 0.252. The van der Waals surface area contributed by atoms with Gasteiger partial charge < -0.3 is 4.74 Å². The van der Waals surface area contributed by atoms with Crippen molar-refractivity contribution in [2.45, 2.75) is 37.1 Å². The van der Waals surface area contributed by atoms with Crippen molar-refractivity contribution in [1.29, 1.82) is 0 Å². The van der Waals surface area contributed by atoms with E-state index in [1.165, 1.54) is 18.6 Å². The summed E-state index contributed by atoms with van der Waals surface area (Å²) in [5.74, 6) is 1.20. The summed E-state index contributed by atoms with van der Waals surface area (Å²) < 4.78 is 5.52. The summed E-state index contributed by atoms with van der Waals surface area (Å²) in [5.41, 5.74) is 0.297. The first kappa shape index (κ1) is 8.85. The highest BCUT2D eigenvalue weighted by Crippen LogP contribution is 2.40. The molecular formula is C9H17NOS. The van der Waals surface area contributed by atoms with Gasteiger partial charge in [0.1, 0.15) is 0 Å². The van der Waals surface area contributed by atoms with Gasteiger partial charge in [0.25, 0.3) is 0 Å². The molecule has 0 aromatic rings. The Morgan fingerprint density at radius 2 is 2.25 bits per heavy atom. The van der Waals surface area contributed by atoms with E-state index in [1.54, 1.807) is 0 Å². The van der Waals surface area contributed by atoms with Crippen molar-refractivity contribution in [3.05, 3.63) is 0 Å². The van der Waals surface area contributed by atoms with Crippen LogP contribution in [-0.2, 0) is 4.74 Å². The predicted molar refractivity (Wildman–Crippen MR) is 52.5 cm³/mol. The third kappa shape index (κ3) is 1.63. The van der Waals surface area contributed by atoms with Gasteiger partial charge in [-0.25, -0.2) is 0 Å². The summed E-state index contributed by atoms with van der Waals surface area (Å²) in [4.78, 5) is 0.252. The SMILES string of the molecule is CC1(C)CSC2(CCCOC2)N1. The molecule has 1 atom stereocenters. The second kappa shape index (κ2) is 2.89. The molecule has 0 saturated carbocycles. The Balaban J connectivity index is 2.03. The normalized spacial score (nSPS) is 40.5. The van der Waals surface area contributed by atoms with E-state index in [0.717, 1.165) is 13.2 Å². The Kier molecular flexibility index (Phi) is 2.13. The van der Waals surface area contributed by atoms with Crippen LogP contribution in [0, 0.1) is 0 Å². The first-order valence-electron chi connectivity index (χ1n) is 4.63. The van der Waals surface area contributed by atoms with Crippen LogP contribution in [0.25, 0.3) is 0 Å². The maximum Gasteiger partial charge on any atom is 0.0887 e. The molecule has 2 nitrogen and oxygen atoms in total. The lowest BCUT2D eigenvalue weighted by molar-refractivity contribution is 0.0536. The number of nitrogens with one attached hydrogen (secondary N) is 1. The molecule has 2 aliphatic rings. The number of thioether (sulfide) groups is 1. The summed E-state index contributed by atoms with van der Waals surface area (Å²) in [6, 6.07) is 0. The smallest absolute Gasteiger partial charge is 0.0887 e. The molecule has 2 fully saturated rings. The molecule has 0 radical (unpaired) electrons. The summed E-state index contributed by atoms with van der Waals surface area (Å²) in [7, 11) is 0. The Morgan fingerprint density at radius 3 is 2.75 bits per heavy atom. The van der Waals surface area contributed by atoms with Crippen molar-refractivity contribution in [2.75, 3.05) is 19.0 Å². The van der Waals surface area contributed by atoms with Gasteiger partial charge >= 0.3 is 0 Å². The topological polar surface area (TPSA) is 21.3 Å². The van der Waals surface area contributed by atoms with Gasteiger partial charge in [-0.05, 0) is 26.7 Å². The Labute approximate surface area is 78.4 Å². The Morgan fingerprint density at radius 1 is 1.42 bits per heavy atom. The molecule has 0 aliphatic carbocycles. The molecule has 0 bridgehead atoms. The fraction of sp³-hybridized carbons (Fsp3) is 1.00.